The van der Waals surface area contributed by atoms with Crippen LogP contribution in [0.2, 0.25) is 0 Å². The van der Waals surface area contributed by atoms with Crippen LogP contribution in [0.4, 0.5) is 5.69 Å². The van der Waals surface area contributed by atoms with Crippen molar-refractivity contribution in [2.75, 3.05) is 23.7 Å². The fourth-order valence-electron chi connectivity index (χ4n) is 3.26. The molecule has 2 rings (SSSR count). The molecular formula is C24H32BrN3O4S. The number of sulfonamides is 1. The highest BCUT2D eigenvalue weighted by atomic mass is 79.9. The van der Waals surface area contributed by atoms with Crippen LogP contribution in [0.25, 0.3) is 0 Å². The summed E-state index contributed by atoms with van der Waals surface area (Å²) < 4.78 is 26.8. The summed E-state index contributed by atoms with van der Waals surface area (Å²) >= 11 is 3.37. The number of rotatable bonds is 11. The summed E-state index contributed by atoms with van der Waals surface area (Å²) in [6, 6.07) is 13.7. The van der Waals surface area contributed by atoms with Gasteiger partial charge in [-0.1, -0.05) is 55.3 Å². The molecular weight excluding hydrogens is 506 g/mol. The van der Waals surface area contributed by atoms with Gasteiger partial charge < -0.3 is 10.2 Å². The Balaban J connectivity index is 2.34. The van der Waals surface area contributed by atoms with Crippen molar-refractivity contribution in [2.24, 2.45) is 0 Å². The van der Waals surface area contributed by atoms with Gasteiger partial charge in [0.05, 0.1) is 11.9 Å². The Hall–Kier alpha value is -2.39. The number of unbranched alkanes of at least 4 members (excludes halogenated alkanes) is 1. The molecule has 0 aliphatic rings. The molecule has 2 aromatic rings. The fourth-order valence-corrected chi connectivity index (χ4v) is 4.74. The molecule has 33 heavy (non-hydrogen) atoms. The summed E-state index contributed by atoms with van der Waals surface area (Å²) in [5.74, 6) is -0.731. The van der Waals surface area contributed by atoms with E-state index in [9.17, 15) is 18.0 Å². The van der Waals surface area contributed by atoms with Gasteiger partial charge in [-0.2, -0.15) is 0 Å². The number of carbonyl (C=O) groups is 2. The Morgan fingerprint density at radius 3 is 2.30 bits per heavy atom. The standard InChI is InChI=1S/C24H32BrN3O4S/c1-5-6-15-26-24(30)19(3)27(16-20-13-11-18(2)12-14-20)23(29)17-28(33(4,31)32)22-10-8-7-9-21(22)25/h7-14,19H,5-6,15-17H2,1-4H3,(H,26,30)/t19-/m0/s1. The van der Waals surface area contributed by atoms with Crippen molar-refractivity contribution in [1.82, 2.24) is 10.2 Å². The molecule has 7 nitrogen and oxygen atoms in total. The molecule has 0 radical (unpaired) electrons. The van der Waals surface area contributed by atoms with E-state index < -0.39 is 28.5 Å². The molecule has 9 heteroatoms. The van der Waals surface area contributed by atoms with Gasteiger partial charge in [-0.15, -0.1) is 0 Å². The first-order valence-corrected chi connectivity index (χ1v) is 13.5. The Morgan fingerprint density at radius 1 is 1.09 bits per heavy atom. The van der Waals surface area contributed by atoms with Crippen LogP contribution in [0.3, 0.4) is 0 Å². The van der Waals surface area contributed by atoms with E-state index in [1.165, 1.54) is 4.90 Å². The molecule has 0 aromatic heterocycles. The van der Waals surface area contributed by atoms with E-state index in [1.807, 2.05) is 38.1 Å². The summed E-state index contributed by atoms with van der Waals surface area (Å²) in [6.07, 6.45) is 2.84. The second kappa shape index (κ2) is 12.2. The number of benzene rings is 2. The quantitative estimate of drug-likeness (QED) is 0.441. The summed E-state index contributed by atoms with van der Waals surface area (Å²) in [6.45, 7) is 5.96. The highest BCUT2D eigenvalue weighted by Gasteiger charge is 2.30. The van der Waals surface area contributed by atoms with Crippen LogP contribution in [0.5, 0.6) is 0 Å². The Kier molecular flexibility index (Phi) is 9.91. The molecule has 0 spiro atoms. The highest BCUT2D eigenvalue weighted by Crippen LogP contribution is 2.28. The number of amides is 2. The molecule has 1 N–H and O–H groups in total. The number of para-hydroxylation sites is 1. The topological polar surface area (TPSA) is 86.8 Å². The van der Waals surface area contributed by atoms with Crippen molar-refractivity contribution in [3.63, 3.8) is 0 Å². The van der Waals surface area contributed by atoms with E-state index in [0.717, 1.165) is 34.5 Å². The van der Waals surface area contributed by atoms with Crippen molar-refractivity contribution < 1.29 is 18.0 Å². The molecule has 0 aliphatic carbocycles. The van der Waals surface area contributed by atoms with E-state index in [0.29, 0.717) is 16.7 Å². The van der Waals surface area contributed by atoms with Gasteiger partial charge in [0.2, 0.25) is 21.8 Å². The lowest BCUT2D eigenvalue weighted by Gasteiger charge is -2.31. The minimum atomic E-state index is -3.76. The second-order valence-electron chi connectivity index (χ2n) is 8.05. The molecule has 180 valence electrons. The van der Waals surface area contributed by atoms with Crippen LogP contribution in [0, 0.1) is 6.92 Å². The molecule has 0 saturated carbocycles. The molecule has 2 aromatic carbocycles. The zero-order valence-electron chi connectivity index (χ0n) is 19.5. The number of hydrogen-bond donors (Lipinski definition) is 1. The number of hydrogen-bond acceptors (Lipinski definition) is 4. The van der Waals surface area contributed by atoms with Crippen molar-refractivity contribution in [1.29, 1.82) is 0 Å². The highest BCUT2D eigenvalue weighted by molar-refractivity contribution is 9.10. The number of nitrogens with zero attached hydrogens (tertiary/aromatic N) is 2. The van der Waals surface area contributed by atoms with E-state index in [-0.39, 0.29) is 12.5 Å². The summed E-state index contributed by atoms with van der Waals surface area (Å²) in [4.78, 5) is 27.7. The molecule has 0 aliphatic heterocycles. The molecule has 2 amide bonds. The lowest BCUT2D eigenvalue weighted by molar-refractivity contribution is -0.139. The predicted molar refractivity (Wildman–Crippen MR) is 135 cm³/mol. The monoisotopic (exact) mass is 537 g/mol. The van der Waals surface area contributed by atoms with Gasteiger partial charge in [0.15, 0.2) is 0 Å². The zero-order chi connectivity index (χ0) is 24.6. The average molecular weight is 539 g/mol. The van der Waals surface area contributed by atoms with E-state index >= 15 is 0 Å². The van der Waals surface area contributed by atoms with Gasteiger partial charge in [0.25, 0.3) is 0 Å². The van der Waals surface area contributed by atoms with Gasteiger partial charge in [-0.05, 0) is 53.9 Å². The smallest absolute Gasteiger partial charge is 0.244 e. The maximum absolute atomic E-state index is 13.5. The minimum absolute atomic E-state index is 0.190. The third-order valence-electron chi connectivity index (χ3n) is 5.27. The molecule has 1 atom stereocenters. The molecule has 0 heterocycles. The minimum Gasteiger partial charge on any atom is -0.354 e. The average Bonchev–Trinajstić information content (AvgIpc) is 2.76. The normalized spacial score (nSPS) is 12.2. The third kappa shape index (κ3) is 7.85. The van der Waals surface area contributed by atoms with Crippen LogP contribution >= 0.6 is 15.9 Å². The maximum atomic E-state index is 13.5. The first kappa shape index (κ1) is 26.9. The van der Waals surface area contributed by atoms with Gasteiger partial charge in [-0.25, -0.2) is 8.42 Å². The van der Waals surface area contributed by atoms with Crippen LogP contribution in [-0.2, 0) is 26.2 Å². The Morgan fingerprint density at radius 2 is 1.73 bits per heavy atom. The Labute approximate surface area is 205 Å². The van der Waals surface area contributed by atoms with Crippen LogP contribution in [0.15, 0.2) is 53.0 Å². The van der Waals surface area contributed by atoms with Crippen molar-refractivity contribution >= 4 is 43.5 Å². The van der Waals surface area contributed by atoms with Gasteiger partial charge in [0, 0.05) is 17.6 Å². The number of halogens is 1. The first-order valence-electron chi connectivity index (χ1n) is 10.9. The zero-order valence-corrected chi connectivity index (χ0v) is 21.9. The number of carbonyl (C=O) groups excluding carboxylic acids is 2. The van der Waals surface area contributed by atoms with E-state index in [4.69, 9.17) is 0 Å². The lowest BCUT2D eigenvalue weighted by atomic mass is 10.1. The fraction of sp³-hybridized carbons (Fsp3) is 0.417. The van der Waals surface area contributed by atoms with Crippen molar-refractivity contribution in [3.05, 3.63) is 64.1 Å². The first-order chi connectivity index (χ1) is 15.5. The lowest BCUT2D eigenvalue weighted by Crippen LogP contribution is -2.51. The van der Waals surface area contributed by atoms with Gasteiger partial charge in [0.1, 0.15) is 12.6 Å². The van der Waals surface area contributed by atoms with Crippen LogP contribution in [0.1, 0.15) is 37.8 Å². The number of nitrogens with one attached hydrogen (secondary N) is 1. The van der Waals surface area contributed by atoms with E-state index in [2.05, 4.69) is 21.2 Å². The number of anilines is 1. The maximum Gasteiger partial charge on any atom is 0.244 e. The second-order valence-corrected chi connectivity index (χ2v) is 10.8. The molecule has 0 saturated heterocycles. The molecule has 0 bridgehead atoms. The molecule has 0 fully saturated rings. The number of aryl methyl sites for hydroxylation is 1. The van der Waals surface area contributed by atoms with Gasteiger partial charge >= 0.3 is 0 Å². The predicted octanol–water partition coefficient (Wildman–Crippen LogP) is 3.86. The summed E-state index contributed by atoms with van der Waals surface area (Å²) in [7, 11) is -3.76. The third-order valence-corrected chi connectivity index (χ3v) is 7.07. The summed E-state index contributed by atoms with van der Waals surface area (Å²) in [5.41, 5.74) is 2.30. The van der Waals surface area contributed by atoms with E-state index in [1.54, 1.807) is 31.2 Å². The van der Waals surface area contributed by atoms with Crippen molar-refractivity contribution in [2.45, 2.75) is 46.2 Å². The SMILES string of the molecule is CCCCNC(=O)[C@H](C)N(Cc1ccc(C)cc1)C(=O)CN(c1ccccc1Br)S(C)(=O)=O. The largest absolute Gasteiger partial charge is 0.354 e. The van der Waals surface area contributed by atoms with Crippen molar-refractivity contribution in [3.8, 4) is 0 Å². The molecule has 0 unspecified atom stereocenters. The van der Waals surface area contributed by atoms with Gasteiger partial charge in [-0.3, -0.25) is 13.9 Å². The van der Waals surface area contributed by atoms with Crippen LogP contribution < -0.4 is 9.62 Å². The Bertz CT molecular complexity index is 1060. The van der Waals surface area contributed by atoms with Crippen LogP contribution in [-0.4, -0.2) is 50.5 Å². The summed E-state index contributed by atoms with van der Waals surface area (Å²) in [5, 5.41) is 2.87.